The normalized spacial score (nSPS) is 32.4. The average Bonchev–Trinajstić information content (AvgIpc) is 2.81. The van der Waals surface area contributed by atoms with Gasteiger partial charge in [-0.15, -0.1) is 0 Å². The van der Waals surface area contributed by atoms with Crippen LogP contribution in [0.5, 0.6) is 0 Å². The zero-order valence-electron chi connectivity index (χ0n) is 10.5. The van der Waals surface area contributed by atoms with E-state index >= 15 is 0 Å². The summed E-state index contributed by atoms with van der Waals surface area (Å²) in [6.07, 6.45) is 7.54. The van der Waals surface area contributed by atoms with E-state index in [-0.39, 0.29) is 6.10 Å². The van der Waals surface area contributed by atoms with E-state index in [4.69, 9.17) is 4.74 Å². The van der Waals surface area contributed by atoms with Crippen LogP contribution >= 0.6 is 0 Å². The van der Waals surface area contributed by atoms with Gasteiger partial charge in [0.2, 0.25) is 0 Å². The lowest BCUT2D eigenvalue weighted by atomic mass is 9.75. The highest BCUT2D eigenvalue weighted by atomic mass is 16.5. The third kappa shape index (κ3) is 2.60. The van der Waals surface area contributed by atoms with Gasteiger partial charge in [-0.25, -0.2) is 0 Å². The molecule has 0 radical (unpaired) electrons. The van der Waals surface area contributed by atoms with Crippen LogP contribution in [0, 0.1) is 17.8 Å². The number of aliphatic hydroxyl groups excluding tert-OH is 1. The largest absolute Gasteiger partial charge is 0.495 e. The predicted octanol–water partition coefficient (Wildman–Crippen LogP) is 3.11. The maximum Gasteiger partial charge on any atom is 0.121 e. The van der Waals surface area contributed by atoms with Gasteiger partial charge in [-0.05, 0) is 49.5 Å². The molecule has 2 nitrogen and oxygen atoms in total. The topological polar surface area (TPSA) is 29.5 Å². The minimum Gasteiger partial charge on any atom is -0.495 e. The molecule has 0 amide bonds. The summed E-state index contributed by atoms with van der Waals surface area (Å²) in [6.45, 7) is 5.38. The van der Waals surface area contributed by atoms with Gasteiger partial charge in [-0.3, -0.25) is 0 Å². The number of hydrogen-bond acceptors (Lipinski definition) is 2. The molecule has 92 valence electrons. The van der Waals surface area contributed by atoms with Crippen LogP contribution in [-0.4, -0.2) is 17.8 Å². The van der Waals surface area contributed by atoms with Crippen molar-refractivity contribution in [2.75, 3.05) is 6.61 Å². The first-order valence-electron chi connectivity index (χ1n) is 6.69. The summed E-state index contributed by atoms with van der Waals surface area (Å²) in [5.74, 6) is 2.93. The molecule has 0 aromatic rings. The van der Waals surface area contributed by atoms with Crippen molar-refractivity contribution >= 4 is 0 Å². The smallest absolute Gasteiger partial charge is 0.121 e. The molecule has 0 bridgehead atoms. The lowest BCUT2D eigenvalue weighted by Gasteiger charge is -2.33. The minimum absolute atomic E-state index is 0.337. The quantitative estimate of drug-likeness (QED) is 0.798. The van der Waals surface area contributed by atoms with Crippen molar-refractivity contribution in [3.8, 4) is 0 Å². The number of aliphatic hydroxyl groups is 1. The Kier molecular flexibility index (Phi) is 3.91. The maximum atomic E-state index is 10.2. The van der Waals surface area contributed by atoms with Gasteiger partial charge < -0.3 is 9.84 Å². The van der Waals surface area contributed by atoms with Gasteiger partial charge in [0.05, 0.1) is 6.61 Å². The Labute approximate surface area is 98.7 Å². The van der Waals surface area contributed by atoms with Crippen LogP contribution in [0.25, 0.3) is 0 Å². The third-order valence-electron chi connectivity index (χ3n) is 4.23. The van der Waals surface area contributed by atoms with Crippen LogP contribution in [0.3, 0.4) is 0 Å². The molecule has 0 saturated heterocycles. The molecule has 16 heavy (non-hydrogen) atoms. The van der Waals surface area contributed by atoms with Crippen LogP contribution in [0.15, 0.2) is 11.8 Å². The highest BCUT2D eigenvalue weighted by molar-refractivity contribution is 5.06. The zero-order valence-corrected chi connectivity index (χ0v) is 10.5. The predicted molar refractivity (Wildman–Crippen MR) is 64.9 cm³/mol. The fraction of sp³-hybridized carbons (Fsp3) is 0.857. The monoisotopic (exact) mass is 224 g/mol. The van der Waals surface area contributed by atoms with Crippen molar-refractivity contribution in [1.82, 2.24) is 0 Å². The Balaban J connectivity index is 1.84. The van der Waals surface area contributed by atoms with Gasteiger partial charge in [0.25, 0.3) is 0 Å². The standard InChI is InChI=1S/C14H24O2/c1-10(2)11-5-7-12(8-6-11)14(15)13-4-3-9-16-13/h4,10-12,14-15H,3,5-9H2,1-2H3. The highest BCUT2D eigenvalue weighted by Gasteiger charge is 2.30. The summed E-state index contributed by atoms with van der Waals surface area (Å²) in [7, 11) is 0. The molecule has 1 aliphatic carbocycles. The minimum atomic E-state index is -0.337. The Bertz CT molecular complexity index is 249. The average molecular weight is 224 g/mol. The Morgan fingerprint density at radius 1 is 1.19 bits per heavy atom. The Morgan fingerprint density at radius 2 is 1.81 bits per heavy atom. The molecule has 1 saturated carbocycles. The first-order chi connectivity index (χ1) is 7.68. The molecule has 1 N–H and O–H groups in total. The molecule has 0 aromatic carbocycles. The molecule has 1 heterocycles. The lowest BCUT2D eigenvalue weighted by Crippen LogP contribution is -2.28. The fourth-order valence-electron chi connectivity index (χ4n) is 3.00. The van der Waals surface area contributed by atoms with Crippen molar-refractivity contribution in [1.29, 1.82) is 0 Å². The van der Waals surface area contributed by atoms with Gasteiger partial charge in [-0.1, -0.05) is 13.8 Å². The molecule has 1 aliphatic heterocycles. The van der Waals surface area contributed by atoms with Crippen molar-refractivity contribution in [2.24, 2.45) is 17.8 Å². The summed E-state index contributed by atoms with van der Waals surface area (Å²) >= 11 is 0. The molecular weight excluding hydrogens is 200 g/mol. The SMILES string of the molecule is CC(C)C1CCC(C(O)C2=CCCO2)CC1. The molecular formula is C14H24O2. The van der Waals surface area contributed by atoms with Crippen LogP contribution in [0.1, 0.15) is 46.0 Å². The molecule has 1 unspecified atom stereocenters. The zero-order chi connectivity index (χ0) is 11.5. The maximum absolute atomic E-state index is 10.2. The van der Waals surface area contributed by atoms with Crippen molar-refractivity contribution in [3.63, 3.8) is 0 Å². The summed E-state index contributed by atoms with van der Waals surface area (Å²) in [5, 5.41) is 10.2. The summed E-state index contributed by atoms with van der Waals surface area (Å²) in [6, 6.07) is 0. The van der Waals surface area contributed by atoms with Crippen molar-refractivity contribution in [3.05, 3.63) is 11.8 Å². The molecule has 2 rings (SSSR count). The van der Waals surface area contributed by atoms with Crippen molar-refractivity contribution in [2.45, 2.75) is 52.1 Å². The second-order valence-corrected chi connectivity index (χ2v) is 5.61. The van der Waals surface area contributed by atoms with Gasteiger partial charge in [-0.2, -0.15) is 0 Å². The van der Waals surface area contributed by atoms with E-state index in [1.165, 1.54) is 12.8 Å². The van der Waals surface area contributed by atoms with Crippen LogP contribution in [-0.2, 0) is 4.74 Å². The van der Waals surface area contributed by atoms with E-state index in [2.05, 4.69) is 19.9 Å². The van der Waals surface area contributed by atoms with E-state index in [0.29, 0.717) is 5.92 Å². The highest BCUT2D eigenvalue weighted by Crippen LogP contribution is 2.36. The van der Waals surface area contributed by atoms with Crippen LogP contribution < -0.4 is 0 Å². The van der Waals surface area contributed by atoms with Crippen LogP contribution in [0.4, 0.5) is 0 Å². The van der Waals surface area contributed by atoms with Crippen molar-refractivity contribution < 1.29 is 9.84 Å². The first kappa shape index (κ1) is 12.0. The molecule has 1 atom stereocenters. The molecule has 2 aliphatic rings. The van der Waals surface area contributed by atoms with Gasteiger partial charge in [0.1, 0.15) is 11.9 Å². The van der Waals surface area contributed by atoms with E-state index in [9.17, 15) is 5.11 Å². The molecule has 1 fully saturated rings. The second-order valence-electron chi connectivity index (χ2n) is 5.61. The fourth-order valence-corrected chi connectivity index (χ4v) is 3.00. The van der Waals surface area contributed by atoms with E-state index in [1.807, 2.05) is 0 Å². The summed E-state index contributed by atoms with van der Waals surface area (Å²) in [5.41, 5.74) is 0. The molecule has 0 spiro atoms. The Morgan fingerprint density at radius 3 is 2.31 bits per heavy atom. The van der Waals surface area contributed by atoms with E-state index in [1.54, 1.807) is 0 Å². The molecule has 0 aromatic heterocycles. The Hall–Kier alpha value is -0.500. The first-order valence-corrected chi connectivity index (χ1v) is 6.69. The summed E-state index contributed by atoms with van der Waals surface area (Å²) < 4.78 is 5.45. The molecule has 2 heteroatoms. The van der Waals surface area contributed by atoms with Crippen LogP contribution in [0.2, 0.25) is 0 Å². The van der Waals surface area contributed by atoms with E-state index in [0.717, 1.165) is 43.5 Å². The van der Waals surface area contributed by atoms with Gasteiger partial charge in [0.15, 0.2) is 0 Å². The number of rotatable bonds is 3. The van der Waals surface area contributed by atoms with E-state index < -0.39 is 0 Å². The summed E-state index contributed by atoms with van der Waals surface area (Å²) in [4.78, 5) is 0. The number of hydrogen-bond donors (Lipinski definition) is 1. The second kappa shape index (κ2) is 5.22. The third-order valence-corrected chi connectivity index (χ3v) is 4.23. The van der Waals surface area contributed by atoms with Gasteiger partial charge >= 0.3 is 0 Å². The number of ether oxygens (including phenoxy) is 1. The lowest BCUT2D eigenvalue weighted by molar-refractivity contribution is 0.0471. The van der Waals surface area contributed by atoms with Gasteiger partial charge in [0, 0.05) is 6.42 Å².